The predicted molar refractivity (Wildman–Crippen MR) is 128 cm³/mol. The Labute approximate surface area is 198 Å². The molecule has 0 spiro atoms. The molecule has 2 aromatic carbocycles. The molecule has 1 aliphatic heterocycles. The van der Waals surface area contributed by atoms with Gasteiger partial charge in [0.2, 0.25) is 5.91 Å². The van der Waals surface area contributed by atoms with Crippen molar-refractivity contribution in [2.24, 2.45) is 0 Å². The molecule has 2 amide bonds. The third kappa shape index (κ3) is 4.34. The number of benzene rings is 2. The molecule has 0 bridgehead atoms. The number of fused-ring (bicyclic) bond motifs is 1. The van der Waals surface area contributed by atoms with E-state index in [1.165, 1.54) is 0 Å². The van der Waals surface area contributed by atoms with Crippen molar-refractivity contribution in [2.45, 2.75) is 32.9 Å². The van der Waals surface area contributed by atoms with Crippen LogP contribution in [0.15, 0.2) is 36.4 Å². The van der Waals surface area contributed by atoms with Gasteiger partial charge in [-0.1, -0.05) is 23.8 Å². The molecular formula is C25H28N4O5. The molecule has 1 aliphatic rings. The fourth-order valence-electron chi connectivity index (χ4n) is 4.18. The normalized spacial score (nSPS) is 14.5. The third-order valence-electron chi connectivity index (χ3n) is 5.81. The van der Waals surface area contributed by atoms with E-state index in [1.54, 1.807) is 32.1 Å². The number of ether oxygens (including phenoxy) is 3. The molecule has 9 nitrogen and oxygen atoms in total. The van der Waals surface area contributed by atoms with Gasteiger partial charge in [0.1, 0.15) is 11.9 Å². The highest BCUT2D eigenvalue weighted by Gasteiger charge is 2.37. The van der Waals surface area contributed by atoms with Crippen LogP contribution in [0.2, 0.25) is 0 Å². The second-order valence-electron chi connectivity index (χ2n) is 8.19. The molecule has 0 saturated heterocycles. The molecule has 3 aromatic rings. The Morgan fingerprint density at radius 2 is 1.85 bits per heavy atom. The summed E-state index contributed by atoms with van der Waals surface area (Å²) < 4.78 is 17.7. The first kappa shape index (κ1) is 23.3. The molecular weight excluding hydrogens is 436 g/mol. The largest absolute Gasteiger partial charge is 0.493 e. The van der Waals surface area contributed by atoms with E-state index in [9.17, 15) is 9.59 Å². The fourth-order valence-corrected chi connectivity index (χ4v) is 4.18. The van der Waals surface area contributed by atoms with E-state index in [1.807, 2.05) is 44.2 Å². The number of methoxy groups -OCH3 is 3. The summed E-state index contributed by atoms with van der Waals surface area (Å²) in [6, 6.07) is 10.5. The lowest BCUT2D eigenvalue weighted by molar-refractivity contribution is -0.123. The summed E-state index contributed by atoms with van der Waals surface area (Å²) in [7, 11) is 4.71. The van der Waals surface area contributed by atoms with Crippen LogP contribution in [0.1, 0.15) is 29.3 Å². The summed E-state index contributed by atoms with van der Waals surface area (Å²) in [5.74, 6) is 1.11. The minimum atomic E-state index is -0.773. The van der Waals surface area contributed by atoms with Crippen LogP contribution in [0.25, 0.3) is 11.1 Å². The lowest BCUT2D eigenvalue weighted by Crippen LogP contribution is -2.24. The van der Waals surface area contributed by atoms with Crippen LogP contribution in [0.4, 0.5) is 11.5 Å². The number of nitrogens with one attached hydrogen (secondary N) is 2. The van der Waals surface area contributed by atoms with Gasteiger partial charge in [-0.25, -0.2) is 4.68 Å². The topological polar surface area (TPSA) is 104 Å². The van der Waals surface area contributed by atoms with Gasteiger partial charge in [0.15, 0.2) is 11.5 Å². The summed E-state index contributed by atoms with van der Waals surface area (Å²) in [5.41, 5.74) is 4.94. The van der Waals surface area contributed by atoms with Crippen LogP contribution in [0, 0.1) is 13.8 Å². The highest BCUT2D eigenvalue weighted by Crippen LogP contribution is 2.41. The molecule has 178 valence electrons. The van der Waals surface area contributed by atoms with E-state index < -0.39 is 6.04 Å². The Morgan fingerprint density at radius 3 is 2.53 bits per heavy atom. The van der Waals surface area contributed by atoms with Crippen molar-refractivity contribution < 1.29 is 23.8 Å². The van der Waals surface area contributed by atoms with Gasteiger partial charge in [0.25, 0.3) is 5.91 Å². The average molecular weight is 465 g/mol. The summed E-state index contributed by atoms with van der Waals surface area (Å²) in [6.07, 6.45) is -0.0500. The Balaban J connectivity index is 1.65. The summed E-state index contributed by atoms with van der Waals surface area (Å²) in [4.78, 5) is 25.7. The highest BCUT2D eigenvalue weighted by molar-refractivity contribution is 6.04. The number of aromatic nitrogens is 2. The van der Waals surface area contributed by atoms with Crippen LogP contribution < -0.4 is 20.1 Å². The van der Waals surface area contributed by atoms with Crippen LogP contribution >= 0.6 is 0 Å². The number of aryl methyl sites for hydroxylation is 2. The Kier molecular flexibility index (Phi) is 6.56. The zero-order valence-corrected chi connectivity index (χ0v) is 19.9. The van der Waals surface area contributed by atoms with E-state index in [2.05, 4.69) is 15.7 Å². The first-order valence-electron chi connectivity index (χ1n) is 10.9. The molecule has 34 heavy (non-hydrogen) atoms. The molecule has 0 saturated carbocycles. The van der Waals surface area contributed by atoms with Gasteiger partial charge < -0.3 is 24.8 Å². The zero-order valence-electron chi connectivity index (χ0n) is 19.9. The quantitative estimate of drug-likeness (QED) is 0.525. The number of hydrogen-bond acceptors (Lipinski definition) is 6. The van der Waals surface area contributed by atoms with Crippen molar-refractivity contribution >= 4 is 23.3 Å². The molecule has 0 aliphatic carbocycles. The SMILES string of the molecule is COCc1nn2c(c1-c1ccc(OC)c(OC)c1)NC(=O)C2CC(=O)Nc1ccc(C)cc1C. The van der Waals surface area contributed by atoms with Gasteiger partial charge in [-0.05, 0) is 43.2 Å². The van der Waals surface area contributed by atoms with Crippen molar-refractivity contribution in [3.8, 4) is 22.6 Å². The van der Waals surface area contributed by atoms with E-state index >= 15 is 0 Å². The fraction of sp³-hybridized carbons (Fsp3) is 0.320. The molecule has 0 fully saturated rings. The van der Waals surface area contributed by atoms with Gasteiger partial charge in [0.05, 0.1) is 38.5 Å². The number of carbonyl (C=O) groups excluding carboxylic acids is 2. The first-order valence-corrected chi connectivity index (χ1v) is 10.9. The summed E-state index contributed by atoms with van der Waals surface area (Å²) in [6.45, 7) is 4.16. The summed E-state index contributed by atoms with van der Waals surface area (Å²) >= 11 is 0. The van der Waals surface area contributed by atoms with Crippen molar-refractivity contribution in [3.05, 3.63) is 53.2 Å². The predicted octanol–water partition coefficient (Wildman–Crippen LogP) is 3.85. The molecule has 1 atom stereocenters. The van der Waals surface area contributed by atoms with Crippen molar-refractivity contribution in [1.29, 1.82) is 0 Å². The minimum absolute atomic E-state index is 0.0500. The van der Waals surface area contributed by atoms with Crippen molar-refractivity contribution in [1.82, 2.24) is 9.78 Å². The number of nitrogens with zero attached hydrogens (tertiary/aromatic N) is 2. The lowest BCUT2D eigenvalue weighted by Gasteiger charge is -2.12. The maximum Gasteiger partial charge on any atom is 0.251 e. The molecule has 1 aromatic heterocycles. The Bertz CT molecular complexity index is 1250. The summed E-state index contributed by atoms with van der Waals surface area (Å²) in [5, 5.41) is 10.4. The van der Waals surface area contributed by atoms with Gasteiger partial charge in [-0.2, -0.15) is 5.10 Å². The van der Waals surface area contributed by atoms with E-state index in [4.69, 9.17) is 14.2 Å². The average Bonchev–Trinajstić information content (AvgIpc) is 3.30. The van der Waals surface area contributed by atoms with Gasteiger partial charge >= 0.3 is 0 Å². The molecule has 2 heterocycles. The number of amides is 2. The van der Waals surface area contributed by atoms with Gasteiger partial charge in [0, 0.05) is 12.8 Å². The molecule has 9 heteroatoms. The van der Waals surface area contributed by atoms with Crippen molar-refractivity contribution in [2.75, 3.05) is 32.0 Å². The first-order chi connectivity index (χ1) is 16.4. The van der Waals surface area contributed by atoms with Crippen LogP contribution in [0.3, 0.4) is 0 Å². The second-order valence-corrected chi connectivity index (χ2v) is 8.19. The van der Waals surface area contributed by atoms with Gasteiger partial charge in [-0.3, -0.25) is 9.59 Å². The van der Waals surface area contributed by atoms with Gasteiger partial charge in [-0.15, -0.1) is 0 Å². The monoisotopic (exact) mass is 464 g/mol. The molecule has 1 unspecified atom stereocenters. The van der Waals surface area contributed by atoms with Crippen LogP contribution in [-0.4, -0.2) is 42.9 Å². The number of carbonyl (C=O) groups is 2. The number of hydrogen-bond donors (Lipinski definition) is 2. The second kappa shape index (κ2) is 9.56. The van der Waals surface area contributed by atoms with Crippen LogP contribution in [0.5, 0.6) is 11.5 Å². The van der Waals surface area contributed by atoms with Crippen molar-refractivity contribution in [3.63, 3.8) is 0 Å². The van der Waals surface area contributed by atoms with E-state index in [0.29, 0.717) is 28.6 Å². The number of rotatable bonds is 8. The standard InChI is InChI=1S/C25H28N4O5/c1-14-6-8-17(15(2)10-14)26-22(30)12-19-25(31)27-24-23(18(13-32-3)28-29(19)24)16-7-9-20(33-4)21(11-16)34-5/h6-11,19H,12-13H2,1-5H3,(H,26,30)(H,27,31). The maximum atomic E-state index is 12.8. The number of anilines is 2. The minimum Gasteiger partial charge on any atom is -0.493 e. The van der Waals surface area contributed by atoms with E-state index in [-0.39, 0.29) is 24.8 Å². The Morgan fingerprint density at radius 1 is 1.09 bits per heavy atom. The third-order valence-corrected chi connectivity index (χ3v) is 5.81. The molecule has 0 radical (unpaired) electrons. The van der Waals surface area contributed by atoms with Crippen LogP contribution in [-0.2, 0) is 20.9 Å². The Hall–Kier alpha value is -3.85. The highest BCUT2D eigenvalue weighted by atomic mass is 16.5. The lowest BCUT2D eigenvalue weighted by atomic mass is 10.0. The molecule has 2 N–H and O–H groups in total. The smallest absolute Gasteiger partial charge is 0.251 e. The molecule has 4 rings (SSSR count). The maximum absolute atomic E-state index is 12.8. The zero-order chi connectivity index (χ0) is 24.4. The van der Waals surface area contributed by atoms with E-state index in [0.717, 1.165) is 22.4 Å².